The number of amides is 1. The van der Waals surface area contributed by atoms with Crippen LogP contribution in [-0.4, -0.2) is 17.4 Å². The number of halogens is 1. The van der Waals surface area contributed by atoms with E-state index in [2.05, 4.69) is 0 Å². The van der Waals surface area contributed by atoms with Gasteiger partial charge in [0.1, 0.15) is 17.3 Å². The molecule has 0 N–H and O–H groups in total. The van der Waals surface area contributed by atoms with Crippen molar-refractivity contribution in [3.05, 3.63) is 77.1 Å². The fraction of sp³-hybridized carbons (Fsp3) is 0.211. The molecule has 25 heavy (non-hydrogen) atoms. The summed E-state index contributed by atoms with van der Waals surface area (Å²) in [4.78, 5) is 14.2. The zero-order valence-electron chi connectivity index (χ0n) is 13.8. The van der Waals surface area contributed by atoms with Gasteiger partial charge in [0.15, 0.2) is 6.61 Å². The lowest BCUT2D eigenvalue weighted by atomic mass is 10.2. The molecule has 0 saturated carbocycles. The highest BCUT2D eigenvalue weighted by atomic mass is 35.5. The van der Waals surface area contributed by atoms with Crippen LogP contribution in [0.2, 0.25) is 5.02 Å². The van der Waals surface area contributed by atoms with E-state index in [9.17, 15) is 4.79 Å². The number of carbonyl (C=O) groups excluding carboxylic acids is 1. The van der Waals surface area contributed by atoms with Crippen molar-refractivity contribution in [1.82, 2.24) is 4.90 Å². The zero-order chi connectivity index (χ0) is 17.6. The first-order chi connectivity index (χ1) is 12.1. The zero-order valence-corrected chi connectivity index (χ0v) is 14.5. The van der Waals surface area contributed by atoms with Crippen LogP contribution in [0, 0.1) is 6.92 Å². The normalized spacial score (nSPS) is 10.6. The third kappa shape index (κ3) is 4.67. The molecule has 130 valence electrons. The van der Waals surface area contributed by atoms with Crippen LogP contribution in [0.25, 0.3) is 0 Å². The Labute approximate surface area is 150 Å². The van der Waals surface area contributed by atoms with Crippen molar-refractivity contribution < 1.29 is 18.4 Å². The van der Waals surface area contributed by atoms with Gasteiger partial charge in [0.05, 0.1) is 25.6 Å². The van der Waals surface area contributed by atoms with Crippen LogP contribution in [0.1, 0.15) is 17.1 Å². The Hall–Kier alpha value is -2.66. The molecule has 0 atom stereocenters. The largest absolute Gasteiger partial charge is 0.484 e. The van der Waals surface area contributed by atoms with Crippen molar-refractivity contribution in [3.8, 4) is 5.75 Å². The summed E-state index contributed by atoms with van der Waals surface area (Å²) in [5, 5.41) is 0.663. The van der Waals surface area contributed by atoms with Gasteiger partial charge in [0.2, 0.25) is 0 Å². The highest BCUT2D eigenvalue weighted by Crippen LogP contribution is 2.21. The van der Waals surface area contributed by atoms with Crippen molar-refractivity contribution in [3.63, 3.8) is 0 Å². The van der Waals surface area contributed by atoms with E-state index < -0.39 is 0 Å². The number of furan rings is 2. The van der Waals surface area contributed by atoms with Gasteiger partial charge in [-0.05, 0) is 55.0 Å². The Morgan fingerprint density at radius 1 is 1.08 bits per heavy atom. The molecule has 2 aromatic heterocycles. The molecule has 1 aromatic carbocycles. The molecule has 5 nitrogen and oxygen atoms in total. The summed E-state index contributed by atoms with van der Waals surface area (Å²) in [6.45, 7) is 2.49. The Kier molecular flexibility index (Phi) is 5.46. The first kappa shape index (κ1) is 17.2. The minimum absolute atomic E-state index is 0.0809. The van der Waals surface area contributed by atoms with Crippen molar-refractivity contribution in [1.29, 1.82) is 0 Å². The highest BCUT2D eigenvalue weighted by molar-refractivity contribution is 6.31. The fourth-order valence-corrected chi connectivity index (χ4v) is 2.47. The second-order valence-corrected chi connectivity index (χ2v) is 6.02. The van der Waals surface area contributed by atoms with Gasteiger partial charge in [0.25, 0.3) is 5.91 Å². The number of hydrogen-bond donors (Lipinski definition) is 0. The monoisotopic (exact) mass is 359 g/mol. The van der Waals surface area contributed by atoms with E-state index in [1.54, 1.807) is 47.8 Å². The summed E-state index contributed by atoms with van der Waals surface area (Å²) in [7, 11) is 0. The molecule has 0 spiro atoms. The molecule has 0 bridgehead atoms. The first-order valence-electron chi connectivity index (χ1n) is 7.83. The first-order valence-corrected chi connectivity index (χ1v) is 8.21. The van der Waals surface area contributed by atoms with Crippen molar-refractivity contribution >= 4 is 17.5 Å². The molecule has 3 aromatic rings. The Morgan fingerprint density at radius 2 is 1.72 bits per heavy atom. The van der Waals surface area contributed by atoms with Crippen LogP contribution in [0.4, 0.5) is 0 Å². The van der Waals surface area contributed by atoms with Gasteiger partial charge in [-0.15, -0.1) is 0 Å². The van der Waals surface area contributed by atoms with Gasteiger partial charge in [-0.25, -0.2) is 0 Å². The average Bonchev–Trinajstić information content (AvgIpc) is 3.29. The molecule has 0 aliphatic rings. The predicted molar refractivity (Wildman–Crippen MR) is 93.4 cm³/mol. The summed E-state index contributed by atoms with van der Waals surface area (Å²) in [5.74, 6) is 1.83. The van der Waals surface area contributed by atoms with Crippen LogP contribution in [0.15, 0.2) is 63.8 Å². The molecule has 1 amide bonds. The maximum Gasteiger partial charge on any atom is 0.261 e. The summed E-state index contributed by atoms with van der Waals surface area (Å²) < 4.78 is 16.3. The number of nitrogens with zero attached hydrogens (tertiary/aromatic N) is 1. The van der Waals surface area contributed by atoms with E-state index in [-0.39, 0.29) is 12.5 Å². The molecular weight excluding hydrogens is 342 g/mol. The van der Waals surface area contributed by atoms with E-state index in [4.69, 9.17) is 25.2 Å². The third-order valence-corrected chi connectivity index (χ3v) is 4.12. The molecule has 0 aliphatic carbocycles. The van der Waals surface area contributed by atoms with Gasteiger partial charge in [-0.3, -0.25) is 4.79 Å². The number of ether oxygens (including phenoxy) is 1. The average molecular weight is 360 g/mol. The van der Waals surface area contributed by atoms with Gasteiger partial charge >= 0.3 is 0 Å². The molecule has 6 heteroatoms. The van der Waals surface area contributed by atoms with E-state index in [0.29, 0.717) is 35.4 Å². The van der Waals surface area contributed by atoms with Crippen LogP contribution in [0.5, 0.6) is 5.75 Å². The lowest BCUT2D eigenvalue weighted by Gasteiger charge is -2.21. The predicted octanol–water partition coefficient (Wildman–Crippen LogP) is 4.44. The fourth-order valence-electron chi connectivity index (χ4n) is 2.36. The molecular formula is C19H18ClNO4. The van der Waals surface area contributed by atoms with Crippen LogP contribution in [0.3, 0.4) is 0 Å². The second kappa shape index (κ2) is 7.94. The summed E-state index contributed by atoms with van der Waals surface area (Å²) >= 11 is 6.00. The number of hydrogen-bond acceptors (Lipinski definition) is 4. The smallest absolute Gasteiger partial charge is 0.261 e. The minimum Gasteiger partial charge on any atom is -0.484 e. The van der Waals surface area contributed by atoms with Crippen molar-refractivity contribution in [2.45, 2.75) is 20.0 Å². The SMILES string of the molecule is Cc1cc(OCC(=O)N(Cc2ccco2)Cc2ccco2)ccc1Cl. The third-order valence-electron chi connectivity index (χ3n) is 3.70. The second-order valence-electron chi connectivity index (χ2n) is 5.61. The molecule has 0 radical (unpaired) electrons. The number of benzene rings is 1. The minimum atomic E-state index is -0.166. The topological polar surface area (TPSA) is 55.8 Å². The quantitative estimate of drug-likeness (QED) is 0.625. The van der Waals surface area contributed by atoms with E-state index in [1.807, 2.05) is 19.1 Å². The van der Waals surface area contributed by atoms with Crippen LogP contribution >= 0.6 is 11.6 Å². The number of aryl methyl sites for hydroxylation is 1. The van der Waals surface area contributed by atoms with Crippen molar-refractivity contribution in [2.75, 3.05) is 6.61 Å². The molecule has 3 rings (SSSR count). The van der Waals surface area contributed by atoms with E-state index >= 15 is 0 Å². The Morgan fingerprint density at radius 3 is 2.24 bits per heavy atom. The van der Waals surface area contributed by atoms with Crippen molar-refractivity contribution in [2.24, 2.45) is 0 Å². The van der Waals surface area contributed by atoms with Gasteiger partial charge in [0, 0.05) is 5.02 Å². The molecule has 0 fully saturated rings. The standard InChI is InChI=1S/C19H18ClNO4/c1-14-10-15(6-7-18(14)20)25-13-19(22)21(11-16-4-2-8-23-16)12-17-5-3-9-24-17/h2-10H,11-13H2,1H3. The van der Waals surface area contributed by atoms with E-state index in [0.717, 1.165) is 5.56 Å². The highest BCUT2D eigenvalue weighted by Gasteiger charge is 2.18. The molecule has 0 saturated heterocycles. The van der Waals surface area contributed by atoms with Gasteiger partial charge in [-0.2, -0.15) is 0 Å². The summed E-state index contributed by atoms with van der Waals surface area (Å²) in [5.41, 5.74) is 0.898. The molecule has 0 aliphatic heterocycles. The number of carbonyl (C=O) groups is 1. The van der Waals surface area contributed by atoms with Crippen LogP contribution in [-0.2, 0) is 17.9 Å². The van der Waals surface area contributed by atoms with E-state index in [1.165, 1.54) is 0 Å². The summed E-state index contributed by atoms with van der Waals surface area (Å²) in [6.07, 6.45) is 3.16. The maximum absolute atomic E-state index is 12.6. The lowest BCUT2D eigenvalue weighted by Crippen LogP contribution is -2.33. The molecule has 0 unspecified atom stereocenters. The van der Waals surface area contributed by atoms with Crippen LogP contribution < -0.4 is 4.74 Å². The Balaban J connectivity index is 1.66. The summed E-state index contributed by atoms with van der Waals surface area (Å²) in [6, 6.07) is 12.5. The number of rotatable bonds is 7. The Bertz CT molecular complexity index is 776. The maximum atomic E-state index is 12.6. The van der Waals surface area contributed by atoms with Gasteiger partial charge in [-0.1, -0.05) is 11.6 Å². The molecule has 2 heterocycles. The lowest BCUT2D eigenvalue weighted by molar-refractivity contribution is -0.135. The van der Waals surface area contributed by atoms with Gasteiger partial charge < -0.3 is 18.5 Å².